The first-order chi connectivity index (χ1) is 14.1. The summed E-state index contributed by atoms with van der Waals surface area (Å²) < 4.78 is 10.7. The summed E-state index contributed by atoms with van der Waals surface area (Å²) in [4.78, 5) is 19.3. The van der Waals surface area contributed by atoms with Crippen LogP contribution in [0, 0.1) is 0 Å². The van der Waals surface area contributed by atoms with Crippen LogP contribution in [-0.4, -0.2) is 68.0 Å². The molecule has 1 aromatic carbocycles. The van der Waals surface area contributed by atoms with Gasteiger partial charge in [-0.2, -0.15) is 0 Å². The van der Waals surface area contributed by atoms with Crippen molar-refractivity contribution in [2.45, 2.75) is 19.9 Å². The normalized spacial score (nSPS) is 14.7. The third-order valence-corrected chi connectivity index (χ3v) is 5.67. The van der Waals surface area contributed by atoms with E-state index in [1.807, 2.05) is 31.2 Å². The predicted molar refractivity (Wildman–Crippen MR) is 119 cm³/mol. The van der Waals surface area contributed by atoms with Crippen LogP contribution in [0.3, 0.4) is 0 Å². The van der Waals surface area contributed by atoms with Crippen LogP contribution in [0.2, 0.25) is 0 Å². The molecule has 3 N–H and O–H groups in total. The Labute approximate surface area is 177 Å². The Morgan fingerprint density at radius 2 is 2.14 bits per heavy atom. The summed E-state index contributed by atoms with van der Waals surface area (Å²) in [6.45, 7) is 8.98. The molecule has 0 bridgehead atoms. The van der Waals surface area contributed by atoms with Crippen LogP contribution in [0.15, 0.2) is 29.1 Å². The van der Waals surface area contributed by atoms with E-state index in [2.05, 4.69) is 15.2 Å². The smallest absolute Gasteiger partial charge is 0.253 e. The van der Waals surface area contributed by atoms with Crippen LogP contribution in [0.1, 0.15) is 18.9 Å². The van der Waals surface area contributed by atoms with Crippen LogP contribution < -0.4 is 20.5 Å². The zero-order valence-corrected chi connectivity index (χ0v) is 18.1. The molecule has 0 aliphatic carbocycles. The van der Waals surface area contributed by atoms with E-state index < -0.39 is 0 Å². The third-order valence-electron chi connectivity index (χ3n) is 5.26. The maximum absolute atomic E-state index is 12.7. The topological polar surface area (TPSA) is 71.0 Å². The van der Waals surface area contributed by atoms with Gasteiger partial charge in [0, 0.05) is 31.1 Å². The molecule has 0 radical (unpaired) electrons. The zero-order valence-electron chi connectivity index (χ0n) is 17.3. The van der Waals surface area contributed by atoms with Crippen LogP contribution in [0.4, 0.5) is 0 Å². The van der Waals surface area contributed by atoms with Crippen molar-refractivity contribution >= 4 is 28.2 Å². The van der Waals surface area contributed by atoms with E-state index in [1.165, 1.54) is 0 Å². The Bertz CT molecular complexity index is 880. The maximum Gasteiger partial charge on any atom is 0.253 e. The van der Waals surface area contributed by atoms with Gasteiger partial charge in [-0.15, -0.1) is 0 Å². The van der Waals surface area contributed by atoms with Crippen molar-refractivity contribution in [2.24, 2.45) is 0 Å². The van der Waals surface area contributed by atoms with Crippen LogP contribution in [0.5, 0.6) is 5.75 Å². The first kappa shape index (κ1) is 21.5. The molecule has 158 valence electrons. The molecule has 2 heterocycles. The molecule has 8 heteroatoms. The number of rotatable bonds is 8. The van der Waals surface area contributed by atoms with Crippen LogP contribution >= 0.6 is 12.2 Å². The summed E-state index contributed by atoms with van der Waals surface area (Å²) in [7, 11) is 1.62. The summed E-state index contributed by atoms with van der Waals surface area (Å²) in [6, 6.07) is 7.65. The van der Waals surface area contributed by atoms with Crippen molar-refractivity contribution in [3.05, 3.63) is 40.2 Å². The Kier molecular flexibility index (Phi) is 7.85. The number of ether oxygens (including phenoxy) is 2. The molecule has 0 spiro atoms. The summed E-state index contributed by atoms with van der Waals surface area (Å²) in [5, 5.41) is 4.90. The third kappa shape index (κ3) is 5.91. The van der Waals surface area contributed by atoms with E-state index in [0.717, 1.165) is 69.0 Å². The Balaban J connectivity index is 1.71. The first-order valence-electron chi connectivity index (χ1n) is 10.2. The number of thiocarbonyl (C=S) groups is 1. The number of nitrogens with one attached hydrogen (secondary N) is 3. The molecule has 1 fully saturated rings. The van der Waals surface area contributed by atoms with Crippen molar-refractivity contribution in [3.63, 3.8) is 0 Å². The summed E-state index contributed by atoms with van der Waals surface area (Å²) >= 11 is 5.57. The summed E-state index contributed by atoms with van der Waals surface area (Å²) in [6.07, 6.45) is 1.02. The molecular formula is C21H31N4O3S+. The second kappa shape index (κ2) is 10.6. The van der Waals surface area contributed by atoms with Crippen LogP contribution in [0.25, 0.3) is 10.9 Å². The number of aromatic nitrogens is 1. The van der Waals surface area contributed by atoms with Crippen molar-refractivity contribution < 1.29 is 14.4 Å². The van der Waals surface area contributed by atoms with E-state index in [4.69, 9.17) is 21.7 Å². The average molecular weight is 420 g/mol. The van der Waals surface area contributed by atoms with Crippen molar-refractivity contribution in [3.8, 4) is 5.75 Å². The lowest BCUT2D eigenvalue weighted by Gasteiger charge is -2.28. The number of quaternary nitrogens is 1. The molecule has 0 amide bonds. The summed E-state index contributed by atoms with van der Waals surface area (Å²) in [5.41, 5.74) is 1.39. The van der Waals surface area contributed by atoms with Gasteiger partial charge in [0.15, 0.2) is 5.11 Å². The molecule has 2 aromatic rings. The molecule has 29 heavy (non-hydrogen) atoms. The maximum atomic E-state index is 12.7. The van der Waals surface area contributed by atoms with Crippen molar-refractivity contribution in [2.75, 3.05) is 53.0 Å². The van der Waals surface area contributed by atoms with E-state index in [1.54, 1.807) is 12.0 Å². The molecular weight excluding hydrogens is 388 g/mol. The van der Waals surface area contributed by atoms with Gasteiger partial charge in [-0.1, -0.05) is 0 Å². The van der Waals surface area contributed by atoms with E-state index in [0.29, 0.717) is 17.2 Å². The Morgan fingerprint density at radius 1 is 1.34 bits per heavy atom. The van der Waals surface area contributed by atoms with Gasteiger partial charge in [0.05, 0.1) is 38.9 Å². The number of pyridine rings is 1. The Hall–Kier alpha value is -2.16. The monoisotopic (exact) mass is 419 g/mol. The molecule has 1 saturated heterocycles. The fourth-order valence-corrected chi connectivity index (χ4v) is 3.92. The number of hydrogen-bond acceptors (Lipinski definition) is 4. The molecule has 1 aliphatic rings. The highest BCUT2D eigenvalue weighted by atomic mass is 32.1. The van der Waals surface area contributed by atoms with E-state index >= 15 is 0 Å². The number of hydrogen-bond donors (Lipinski definition) is 3. The number of methoxy groups -OCH3 is 1. The lowest BCUT2D eigenvalue weighted by Crippen LogP contribution is -3.14. The summed E-state index contributed by atoms with van der Waals surface area (Å²) in [5.74, 6) is 0.724. The number of fused-ring (bicyclic) bond motifs is 1. The van der Waals surface area contributed by atoms with E-state index in [9.17, 15) is 4.79 Å². The molecule has 0 atom stereocenters. The molecule has 0 saturated carbocycles. The molecule has 1 aliphatic heterocycles. The van der Waals surface area contributed by atoms with Gasteiger partial charge >= 0.3 is 0 Å². The number of H-pyrrole nitrogens is 1. The fourth-order valence-electron chi connectivity index (χ4n) is 3.62. The first-order valence-corrected chi connectivity index (χ1v) is 10.7. The van der Waals surface area contributed by atoms with Gasteiger partial charge in [0.1, 0.15) is 18.8 Å². The van der Waals surface area contributed by atoms with Gasteiger partial charge in [-0.3, -0.25) is 4.79 Å². The quantitative estimate of drug-likeness (QED) is 0.543. The predicted octanol–water partition coefficient (Wildman–Crippen LogP) is 0.538. The molecule has 0 unspecified atom stereocenters. The SMILES string of the molecule is CCNC(=S)N(CCC[NH+]1CCOCC1)Cc1cc2ccc(OC)cc2[nH]c1=O. The highest BCUT2D eigenvalue weighted by molar-refractivity contribution is 7.80. The van der Waals surface area contributed by atoms with Crippen molar-refractivity contribution in [1.29, 1.82) is 0 Å². The highest BCUT2D eigenvalue weighted by Gasteiger charge is 2.16. The second-order valence-electron chi connectivity index (χ2n) is 7.30. The van der Waals surface area contributed by atoms with Crippen molar-refractivity contribution in [1.82, 2.24) is 15.2 Å². The number of benzene rings is 1. The minimum absolute atomic E-state index is 0.0890. The number of morpholine rings is 1. The van der Waals surface area contributed by atoms with Gasteiger partial charge in [-0.05, 0) is 42.7 Å². The van der Waals surface area contributed by atoms with Gasteiger partial charge in [-0.25, -0.2) is 0 Å². The molecule has 1 aromatic heterocycles. The number of aromatic amines is 1. The molecule has 3 rings (SSSR count). The van der Waals surface area contributed by atoms with Gasteiger partial charge in [0.25, 0.3) is 5.56 Å². The van der Waals surface area contributed by atoms with Gasteiger partial charge in [0.2, 0.25) is 0 Å². The minimum atomic E-state index is -0.0890. The fraction of sp³-hybridized carbons (Fsp3) is 0.524. The standard InChI is InChI=1S/C21H30N4O3S/c1-3-22-21(29)25(8-4-7-24-9-11-28-12-10-24)15-17-13-16-5-6-18(27-2)14-19(16)23-20(17)26/h5-6,13-14H,3-4,7-12,15H2,1-2H3,(H,22,29)(H,23,26)/p+1. The zero-order chi connectivity index (χ0) is 20.6. The molecule has 7 nitrogen and oxygen atoms in total. The lowest BCUT2D eigenvalue weighted by molar-refractivity contribution is -0.908. The Morgan fingerprint density at radius 3 is 2.86 bits per heavy atom. The average Bonchev–Trinajstić information content (AvgIpc) is 2.74. The van der Waals surface area contributed by atoms with Gasteiger partial charge < -0.3 is 29.6 Å². The van der Waals surface area contributed by atoms with E-state index in [-0.39, 0.29) is 5.56 Å². The second-order valence-corrected chi connectivity index (χ2v) is 7.69. The largest absolute Gasteiger partial charge is 0.497 e. The van der Waals surface area contributed by atoms with Crippen LogP contribution in [-0.2, 0) is 11.3 Å². The number of nitrogens with zero attached hydrogens (tertiary/aromatic N) is 1. The lowest BCUT2D eigenvalue weighted by atomic mass is 10.1. The minimum Gasteiger partial charge on any atom is -0.497 e. The highest BCUT2D eigenvalue weighted by Crippen LogP contribution is 2.19.